The summed E-state index contributed by atoms with van der Waals surface area (Å²) >= 11 is 0. The van der Waals surface area contributed by atoms with Gasteiger partial charge in [-0.15, -0.1) is 0 Å². The van der Waals surface area contributed by atoms with Crippen molar-refractivity contribution in [3.63, 3.8) is 0 Å². The molecule has 1 aromatic heterocycles. The summed E-state index contributed by atoms with van der Waals surface area (Å²) in [6.07, 6.45) is 1.70. The van der Waals surface area contributed by atoms with E-state index >= 15 is 0 Å². The predicted molar refractivity (Wildman–Crippen MR) is 51.3 cm³/mol. The van der Waals surface area contributed by atoms with Crippen molar-refractivity contribution >= 4 is 17.5 Å². The molecule has 0 unspecified atom stereocenters. The average Bonchev–Trinajstić information content (AvgIpc) is 2.45. The lowest BCUT2D eigenvalue weighted by Crippen LogP contribution is -2.34. The third kappa shape index (κ3) is 0.932. The van der Waals surface area contributed by atoms with Gasteiger partial charge in [-0.25, -0.2) is 4.98 Å². The van der Waals surface area contributed by atoms with Crippen molar-refractivity contribution in [2.24, 2.45) is 17.8 Å². The van der Waals surface area contributed by atoms with Crippen LogP contribution in [0.5, 0.6) is 0 Å². The van der Waals surface area contributed by atoms with Crippen LogP contribution in [-0.2, 0) is 7.05 Å². The lowest BCUT2D eigenvalue weighted by atomic mass is 10.3. The fourth-order valence-corrected chi connectivity index (χ4v) is 1.24. The topological polar surface area (TPSA) is 59.4 Å². The molecule has 1 aliphatic heterocycles. The van der Waals surface area contributed by atoms with E-state index in [0.717, 1.165) is 17.2 Å². The highest BCUT2D eigenvalue weighted by atomic mass is 15.3. The van der Waals surface area contributed by atoms with Crippen molar-refractivity contribution in [2.45, 2.75) is 0 Å². The molecule has 2 N–H and O–H groups in total. The van der Waals surface area contributed by atoms with E-state index in [1.807, 2.05) is 18.7 Å². The summed E-state index contributed by atoms with van der Waals surface area (Å²) in [6, 6.07) is 0. The molecule has 2 rings (SSSR count). The van der Waals surface area contributed by atoms with Gasteiger partial charge in [-0.2, -0.15) is 4.99 Å². The second-order valence-corrected chi connectivity index (χ2v) is 3.00. The van der Waals surface area contributed by atoms with Gasteiger partial charge in [0.25, 0.3) is 0 Å². The third-order valence-electron chi connectivity index (χ3n) is 2.15. The van der Waals surface area contributed by atoms with Crippen molar-refractivity contribution in [3.8, 4) is 0 Å². The SMILES string of the molecule is C=C1c2ncn(C)c2N=C(N)N1C. The van der Waals surface area contributed by atoms with Crippen LogP contribution in [0.15, 0.2) is 17.9 Å². The summed E-state index contributed by atoms with van der Waals surface area (Å²) in [7, 11) is 3.69. The van der Waals surface area contributed by atoms with Crippen LogP contribution in [0.25, 0.3) is 5.70 Å². The number of aryl methyl sites for hydroxylation is 1. The van der Waals surface area contributed by atoms with Gasteiger partial charge in [-0.1, -0.05) is 6.58 Å². The number of imidazole rings is 1. The molecule has 0 bridgehead atoms. The maximum atomic E-state index is 5.69. The highest BCUT2D eigenvalue weighted by Crippen LogP contribution is 2.29. The number of nitrogens with two attached hydrogens (primary N) is 1. The normalized spacial score (nSPS) is 15.7. The molecule has 5 nitrogen and oxygen atoms in total. The van der Waals surface area contributed by atoms with E-state index < -0.39 is 0 Å². The maximum absolute atomic E-state index is 5.69. The van der Waals surface area contributed by atoms with Gasteiger partial charge in [-0.3, -0.25) is 0 Å². The number of nitrogens with zero attached hydrogens (tertiary/aromatic N) is 4. The predicted octanol–water partition coefficient (Wildman–Crippen LogP) is 0.282. The molecule has 0 amide bonds. The van der Waals surface area contributed by atoms with Gasteiger partial charge in [0.2, 0.25) is 5.96 Å². The van der Waals surface area contributed by atoms with Crippen molar-refractivity contribution in [2.75, 3.05) is 7.05 Å². The molecule has 0 aliphatic carbocycles. The lowest BCUT2D eigenvalue weighted by Gasteiger charge is -2.23. The van der Waals surface area contributed by atoms with E-state index in [1.165, 1.54) is 0 Å². The van der Waals surface area contributed by atoms with E-state index in [9.17, 15) is 0 Å². The van der Waals surface area contributed by atoms with Crippen molar-refractivity contribution in [3.05, 3.63) is 18.6 Å². The number of aliphatic imine (C=N–C) groups is 1. The Hall–Kier alpha value is -1.78. The second kappa shape index (κ2) is 2.35. The number of rotatable bonds is 0. The van der Waals surface area contributed by atoms with E-state index in [4.69, 9.17) is 5.73 Å². The first kappa shape index (κ1) is 7.85. The van der Waals surface area contributed by atoms with Gasteiger partial charge in [0.15, 0.2) is 5.82 Å². The fourth-order valence-electron chi connectivity index (χ4n) is 1.24. The number of fused-ring (bicyclic) bond motifs is 1. The zero-order valence-corrected chi connectivity index (χ0v) is 7.65. The second-order valence-electron chi connectivity index (χ2n) is 3.00. The first-order valence-electron chi connectivity index (χ1n) is 3.89. The molecule has 13 heavy (non-hydrogen) atoms. The van der Waals surface area contributed by atoms with Crippen LogP contribution in [0, 0.1) is 0 Å². The highest BCUT2D eigenvalue weighted by molar-refractivity contribution is 5.93. The molecular weight excluding hydrogens is 166 g/mol. The summed E-state index contributed by atoms with van der Waals surface area (Å²) < 4.78 is 1.82. The van der Waals surface area contributed by atoms with Gasteiger partial charge in [0, 0.05) is 14.1 Å². The largest absolute Gasteiger partial charge is 0.369 e. The Labute approximate surface area is 76.2 Å². The smallest absolute Gasteiger partial charge is 0.202 e. The molecule has 0 saturated heterocycles. The molecule has 5 heteroatoms. The first-order valence-corrected chi connectivity index (χ1v) is 3.89. The van der Waals surface area contributed by atoms with Gasteiger partial charge in [-0.05, 0) is 0 Å². The molecule has 0 fully saturated rings. The average molecular weight is 177 g/mol. The van der Waals surface area contributed by atoms with Crippen LogP contribution in [0.4, 0.5) is 5.82 Å². The van der Waals surface area contributed by atoms with Crippen LogP contribution >= 0.6 is 0 Å². The number of hydrogen-bond donors (Lipinski definition) is 1. The zero-order valence-electron chi connectivity index (χ0n) is 7.65. The molecule has 1 aliphatic rings. The summed E-state index contributed by atoms with van der Waals surface area (Å²) in [5, 5.41) is 0. The molecular formula is C8H11N5. The Morgan fingerprint density at radius 1 is 1.46 bits per heavy atom. The van der Waals surface area contributed by atoms with E-state index in [2.05, 4.69) is 16.6 Å². The van der Waals surface area contributed by atoms with Crippen LogP contribution in [-0.4, -0.2) is 27.5 Å². The monoisotopic (exact) mass is 177 g/mol. The van der Waals surface area contributed by atoms with Crippen LogP contribution in [0.1, 0.15) is 5.69 Å². The quantitative estimate of drug-likeness (QED) is 0.619. The number of hydrogen-bond acceptors (Lipinski definition) is 4. The minimum atomic E-state index is 0.445. The Balaban J connectivity index is 2.65. The number of aromatic nitrogens is 2. The molecule has 0 atom stereocenters. The highest BCUT2D eigenvalue weighted by Gasteiger charge is 2.21. The summed E-state index contributed by atoms with van der Waals surface area (Å²) in [4.78, 5) is 10.1. The third-order valence-corrected chi connectivity index (χ3v) is 2.15. The molecule has 68 valence electrons. The Morgan fingerprint density at radius 3 is 2.85 bits per heavy atom. The molecule has 0 spiro atoms. The molecule has 0 aromatic carbocycles. The summed E-state index contributed by atoms with van der Waals surface area (Å²) in [5.41, 5.74) is 7.26. The Bertz CT molecular complexity index is 401. The first-order chi connectivity index (χ1) is 6.11. The van der Waals surface area contributed by atoms with Gasteiger partial charge in [0.1, 0.15) is 5.69 Å². The van der Waals surface area contributed by atoms with Crippen molar-refractivity contribution in [1.29, 1.82) is 0 Å². The number of guanidine groups is 1. The maximum Gasteiger partial charge on any atom is 0.202 e. The van der Waals surface area contributed by atoms with Crippen LogP contribution < -0.4 is 5.73 Å². The van der Waals surface area contributed by atoms with Gasteiger partial charge >= 0.3 is 0 Å². The van der Waals surface area contributed by atoms with Gasteiger partial charge < -0.3 is 15.2 Å². The molecule has 0 radical (unpaired) electrons. The molecule has 1 aromatic rings. The van der Waals surface area contributed by atoms with Crippen molar-refractivity contribution < 1.29 is 0 Å². The van der Waals surface area contributed by atoms with E-state index in [1.54, 1.807) is 11.2 Å². The minimum Gasteiger partial charge on any atom is -0.369 e. The lowest BCUT2D eigenvalue weighted by molar-refractivity contribution is 0.695. The van der Waals surface area contributed by atoms with Crippen LogP contribution in [0.2, 0.25) is 0 Å². The van der Waals surface area contributed by atoms with E-state index in [0.29, 0.717) is 5.96 Å². The fraction of sp³-hybridized carbons (Fsp3) is 0.250. The molecule has 2 heterocycles. The Kier molecular flexibility index (Phi) is 1.42. The van der Waals surface area contributed by atoms with E-state index in [-0.39, 0.29) is 0 Å². The summed E-state index contributed by atoms with van der Waals surface area (Å²) in [5.74, 6) is 1.21. The van der Waals surface area contributed by atoms with Crippen LogP contribution in [0.3, 0.4) is 0 Å². The zero-order chi connectivity index (χ0) is 9.59. The molecule has 0 saturated carbocycles. The Morgan fingerprint density at radius 2 is 2.15 bits per heavy atom. The van der Waals surface area contributed by atoms with Crippen molar-refractivity contribution in [1.82, 2.24) is 14.5 Å². The summed E-state index contributed by atoms with van der Waals surface area (Å²) in [6.45, 7) is 3.89. The minimum absolute atomic E-state index is 0.445. The standard InChI is InChI=1S/C8H11N5/c1-5-6-7(12(2)4-10-6)11-8(9)13(5)3/h4H,1H2,2-3H3,(H2,9,11). The van der Waals surface area contributed by atoms with Gasteiger partial charge in [0.05, 0.1) is 12.0 Å².